The van der Waals surface area contributed by atoms with E-state index in [-0.39, 0.29) is 6.73 Å². The van der Waals surface area contributed by atoms with Gasteiger partial charge in [-0.1, -0.05) is 18.2 Å². The third-order valence-electron chi connectivity index (χ3n) is 0.688. The maximum absolute atomic E-state index is 8.17. The topological polar surface area (TPSA) is 32.6 Å². The summed E-state index contributed by atoms with van der Waals surface area (Å²) >= 11 is 0. The zero-order valence-corrected chi connectivity index (χ0v) is 5.49. The van der Waals surface area contributed by atoms with Gasteiger partial charge in [0.15, 0.2) is 0 Å². The van der Waals surface area contributed by atoms with Gasteiger partial charge in [-0.05, 0) is 13.0 Å². The van der Waals surface area contributed by atoms with E-state index < -0.39 is 0 Å². The summed E-state index contributed by atoms with van der Waals surface area (Å²) in [5.41, 5.74) is 0. The summed E-state index contributed by atoms with van der Waals surface area (Å²) < 4.78 is 0. The number of hydrogen-bond acceptors (Lipinski definition) is 2. The Labute approximate surface area is 55.2 Å². The Morgan fingerprint density at radius 2 is 2.11 bits per heavy atom. The van der Waals surface area contributed by atoms with Crippen molar-refractivity contribution < 1.29 is 5.11 Å². The smallest absolute Gasteiger partial charge is 0.134 e. The Kier molecular flexibility index (Phi) is 6.41. The second-order valence-corrected chi connectivity index (χ2v) is 1.38. The summed E-state index contributed by atoms with van der Waals surface area (Å²) in [6, 6.07) is 0. The lowest BCUT2D eigenvalue weighted by Crippen LogP contribution is -1.71. The van der Waals surface area contributed by atoms with E-state index in [9.17, 15) is 0 Å². The molecule has 0 bridgehead atoms. The van der Waals surface area contributed by atoms with Crippen molar-refractivity contribution in [2.45, 2.75) is 6.92 Å². The molecule has 2 heteroatoms. The SMILES string of the molecule is C\C=C/C=C\C=N\CO. The van der Waals surface area contributed by atoms with Gasteiger partial charge in [0.25, 0.3) is 0 Å². The van der Waals surface area contributed by atoms with Crippen molar-refractivity contribution in [3.8, 4) is 0 Å². The molecule has 0 spiro atoms. The van der Waals surface area contributed by atoms with Crippen LogP contribution in [0.3, 0.4) is 0 Å². The van der Waals surface area contributed by atoms with Crippen molar-refractivity contribution in [2.75, 3.05) is 6.73 Å². The molecule has 0 unspecified atom stereocenters. The molecule has 0 atom stereocenters. The fourth-order valence-electron chi connectivity index (χ4n) is 0.333. The fourth-order valence-corrected chi connectivity index (χ4v) is 0.333. The lowest BCUT2D eigenvalue weighted by molar-refractivity contribution is 0.310. The Hall–Kier alpha value is -0.890. The van der Waals surface area contributed by atoms with Crippen molar-refractivity contribution in [3.63, 3.8) is 0 Å². The second kappa shape index (κ2) is 7.11. The zero-order chi connectivity index (χ0) is 6.95. The highest BCUT2D eigenvalue weighted by Crippen LogP contribution is 1.72. The van der Waals surface area contributed by atoms with E-state index in [0.29, 0.717) is 0 Å². The predicted octanol–water partition coefficient (Wildman–Crippen LogP) is 1.14. The number of hydrogen-bond donors (Lipinski definition) is 1. The molecule has 0 aromatic rings. The minimum Gasteiger partial charge on any atom is -0.375 e. The molecule has 0 aliphatic carbocycles. The van der Waals surface area contributed by atoms with Crippen LogP contribution in [0.2, 0.25) is 0 Å². The van der Waals surface area contributed by atoms with E-state index in [1.54, 1.807) is 12.3 Å². The summed E-state index contributed by atoms with van der Waals surface area (Å²) in [7, 11) is 0. The Morgan fingerprint density at radius 3 is 2.67 bits per heavy atom. The number of aliphatic hydroxyl groups excluding tert-OH is 1. The first-order valence-electron chi connectivity index (χ1n) is 2.80. The molecule has 0 heterocycles. The largest absolute Gasteiger partial charge is 0.375 e. The van der Waals surface area contributed by atoms with Crippen LogP contribution in [0.5, 0.6) is 0 Å². The molecule has 0 radical (unpaired) electrons. The van der Waals surface area contributed by atoms with Crippen LogP contribution in [0.15, 0.2) is 29.3 Å². The number of nitrogens with zero attached hydrogens (tertiary/aromatic N) is 1. The highest BCUT2D eigenvalue weighted by atomic mass is 16.3. The first-order chi connectivity index (χ1) is 4.41. The molecule has 1 N–H and O–H groups in total. The van der Waals surface area contributed by atoms with Crippen molar-refractivity contribution >= 4 is 6.21 Å². The van der Waals surface area contributed by atoms with E-state index in [1.165, 1.54) is 0 Å². The molecule has 0 saturated carbocycles. The molecule has 0 aromatic carbocycles. The number of aliphatic imine (C=N–C) groups is 1. The van der Waals surface area contributed by atoms with Gasteiger partial charge >= 0.3 is 0 Å². The lowest BCUT2D eigenvalue weighted by atomic mass is 10.4. The molecule has 0 aliphatic heterocycles. The van der Waals surface area contributed by atoms with E-state index >= 15 is 0 Å². The molecule has 2 nitrogen and oxygen atoms in total. The molecule has 0 fully saturated rings. The molecular formula is C7H11NO. The lowest BCUT2D eigenvalue weighted by Gasteiger charge is -1.74. The normalized spacial score (nSPS) is 12.7. The van der Waals surface area contributed by atoms with Crippen LogP contribution in [-0.4, -0.2) is 18.1 Å². The molecule has 0 aromatic heterocycles. The van der Waals surface area contributed by atoms with Crippen LogP contribution < -0.4 is 0 Å². The average molecular weight is 125 g/mol. The summed E-state index contributed by atoms with van der Waals surface area (Å²) in [4.78, 5) is 3.55. The van der Waals surface area contributed by atoms with Gasteiger partial charge in [0.2, 0.25) is 0 Å². The Bertz CT molecular complexity index is 125. The zero-order valence-electron chi connectivity index (χ0n) is 5.49. The van der Waals surface area contributed by atoms with E-state index in [1.807, 2.05) is 25.2 Å². The van der Waals surface area contributed by atoms with Crippen LogP contribution in [0.1, 0.15) is 6.92 Å². The van der Waals surface area contributed by atoms with Gasteiger partial charge in [-0.3, -0.25) is 4.99 Å². The quantitative estimate of drug-likeness (QED) is 0.445. The number of aliphatic hydroxyl groups is 1. The van der Waals surface area contributed by atoms with Crippen LogP contribution in [-0.2, 0) is 0 Å². The number of allylic oxidation sites excluding steroid dienone is 4. The first-order valence-corrected chi connectivity index (χ1v) is 2.80. The molecular weight excluding hydrogens is 114 g/mol. The van der Waals surface area contributed by atoms with Crippen molar-refractivity contribution in [2.24, 2.45) is 4.99 Å². The summed E-state index contributed by atoms with van der Waals surface area (Å²) in [5.74, 6) is 0. The van der Waals surface area contributed by atoms with Gasteiger partial charge in [-0.25, -0.2) is 0 Å². The fraction of sp³-hybridized carbons (Fsp3) is 0.286. The van der Waals surface area contributed by atoms with E-state index in [2.05, 4.69) is 4.99 Å². The third-order valence-corrected chi connectivity index (χ3v) is 0.688. The summed E-state index contributed by atoms with van der Waals surface area (Å²) in [6.45, 7) is 1.80. The summed E-state index contributed by atoms with van der Waals surface area (Å²) in [5, 5.41) is 8.17. The molecule has 0 amide bonds. The first kappa shape index (κ1) is 8.11. The van der Waals surface area contributed by atoms with Crippen molar-refractivity contribution in [3.05, 3.63) is 24.3 Å². The summed E-state index contributed by atoms with van der Waals surface area (Å²) in [6.07, 6.45) is 8.97. The van der Waals surface area contributed by atoms with Crippen LogP contribution in [0.4, 0.5) is 0 Å². The van der Waals surface area contributed by atoms with Crippen LogP contribution in [0, 0.1) is 0 Å². The predicted molar refractivity (Wildman–Crippen MR) is 39.5 cm³/mol. The molecule has 0 aliphatic rings. The minimum atomic E-state index is -0.139. The molecule has 9 heavy (non-hydrogen) atoms. The average Bonchev–Trinajstić information content (AvgIpc) is 1.89. The van der Waals surface area contributed by atoms with Gasteiger partial charge in [0.05, 0.1) is 0 Å². The maximum Gasteiger partial charge on any atom is 0.134 e. The van der Waals surface area contributed by atoms with Crippen LogP contribution in [0.25, 0.3) is 0 Å². The second-order valence-electron chi connectivity index (χ2n) is 1.38. The highest BCUT2D eigenvalue weighted by molar-refractivity contribution is 5.71. The standard InChI is InChI=1S/C7H11NO/c1-2-3-4-5-6-8-7-9/h2-6,9H,7H2,1H3/b3-2-,5-4-,8-6+. The number of rotatable bonds is 3. The van der Waals surface area contributed by atoms with Gasteiger partial charge in [0, 0.05) is 6.21 Å². The van der Waals surface area contributed by atoms with Crippen LogP contribution >= 0.6 is 0 Å². The van der Waals surface area contributed by atoms with E-state index in [0.717, 1.165) is 0 Å². The third kappa shape index (κ3) is 7.11. The van der Waals surface area contributed by atoms with Crippen molar-refractivity contribution in [1.82, 2.24) is 0 Å². The molecule has 0 saturated heterocycles. The van der Waals surface area contributed by atoms with Gasteiger partial charge < -0.3 is 5.11 Å². The van der Waals surface area contributed by atoms with Gasteiger partial charge in [-0.2, -0.15) is 0 Å². The van der Waals surface area contributed by atoms with Crippen molar-refractivity contribution in [1.29, 1.82) is 0 Å². The minimum absolute atomic E-state index is 0.139. The molecule has 50 valence electrons. The monoisotopic (exact) mass is 125 g/mol. The molecule has 0 rings (SSSR count). The Balaban J connectivity index is 3.35. The van der Waals surface area contributed by atoms with E-state index in [4.69, 9.17) is 5.11 Å². The maximum atomic E-state index is 8.17. The van der Waals surface area contributed by atoms with Gasteiger partial charge in [-0.15, -0.1) is 0 Å². The highest BCUT2D eigenvalue weighted by Gasteiger charge is 1.60. The van der Waals surface area contributed by atoms with Gasteiger partial charge in [0.1, 0.15) is 6.73 Å². The Morgan fingerprint density at radius 1 is 1.33 bits per heavy atom.